The highest BCUT2D eigenvalue weighted by Gasteiger charge is 2.36. The van der Waals surface area contributed by atoms with Crippen molar-refractivity contribution >= 4 is 42.1 Å². The molecule has 1 aliphatic heterocycles. The topological polar surface area (TPSA) is 59.2 Å². The van der Waals surface area contributed by atoms with Gasteiger partial charge in [-0.2, -0.15) is 0 Å². The summed E-state index contributed by atoms with van der Waals surface area (Å²) in [5.41, 5.74) is 8.14. The van der Waals surface area contributed by atoms with E-state index in [4.69, 9.17) is 5.73 Å². The molecule has 1 fully saturated rings. The number of carbonyl (C=O) groups excluding carboxylic acids is 1. The number of benzene rings is 1. The van der Waals surface area contributed by atoms with Crippen LogP contribution in [0.1, 0.15) is 45.7 Å². The highest BCUT2D eigenvalue weighted by atomic mass is 35.5. The molecule has 0 saturated carbocycles. The zero-order valence-electron chi connectivity index (χ0n) is 16.1. The molecule has 1 aliphatic rings. The zero-order valence-corrected chi connectivity index (χ0v) is 18.5. The van der Waals surface area contributed by atoms with Crippen LogP contribution in [0.25, 0.3) is 0 Å². The van der Waals surface area contributed by atoms with Gasteiger partial charge in [0.15, 0.2) is 0 Å². The Morgan fingerprint density at radius 3 is 2.52 bits per heavy atom. The minimum Gasteiger partial charge on any atom is -0.337 e. The fourth-order valence-corrected chi connectivity index (χ4v) is 4.83. The Balaban J connectivity index is 0.00000182. The van der Waals surface area contributed by atoms with Crippen molar-refractivity contribution in [3.8, 4) is 0 Å². The first kappa shape index (κ1) is 23.9. The van der Waals surface area contributed by atoms with Crippen LogP contribution in [0.5, 0.6) is 0 Å². The van der Waals surface area contributed by atoms with Gasteiger partial charge < -0.3 is 10.6 Å². The van der Waals surface area contributed by atoms with Crippen LogP contribution in [0.3, 0.4) is 0 Å². The molecule has 2 aromatic rings. The molecule has 3 rings (SSSR count). The summed E-state index contributed by atoms with van der Waals surface area (Å²) in [6, 6.07) is 10.4. The first-order valence-electron chi connectivity index (χ1n) is 9.00. The SMILES string of the molecule is Cc1nc(CC(C)C)sc1C(=O)N1C[C@@H](CN)[C@H](c2ccccc2)C1.Cl.Cl. The monoisotopic (exact) mass is 429 g/mol. The largest absolute Gasteiger partial charge is 0.337 e. The Kier molecular flexibility index (Phi) is 9.22. The van der Waals surface area contributed by atoms with Crippen LogP contribution in [0.4, 0.5) is 0 Å². The molecule has 27 heavy (non-hydrogen) atoms. The van der Waals surface area contributed by atoms with Crippen LogP contribution in [-0.2, 0) is 6.42 Å². The van der Waals surface area contributed by atoms with Crippen molar-refractivity contribution in [2.45, 2.75) is 33.1 Å². The second-order valence-electron chi connectivity index (χ2n) is 7.34. The highest BCUT2D eigenvalue weighted by molar-refractivity contribution is 7.13. The predicted octanol–water partition coefficient (Wildman–Crippen LogP) is 4.31. The van der Waals surface area contributed by atoms with Crippen molar-refractivity contribution in [2.75, 3.05) is 19.6 Å². The first-order valence-corrected chi connectivity index (χ1v) is 9.81. The third-order valence-electron chi connectivity index (χ3n) is 4.88. The second-order valence-corrected chi connectivity index (χ2v) is 8.43. The maximum absolute atomic E-state index is 13.1. The minimum absolute atomic E-state index is 0. The summed E-state index contributed by atoms with van der Waals surface area (Å²) in [7, 11) is 0. The van der Waals surface area contributed by atoms with Crippen molar-refractivity contribution in [2.24, 2.45) is 17.6 Å². The van der Waals surface area contributed by atoms with E-state index in [9.17, 15) is 4.79 Å². The molecule has 1 aromatic heterocycles. The number of likely N-dealkylation sites (tertiary alicyclic amines) is 1. The molecule has 1 amide bonds. The van der Waals surface area contributed by atoms with Gasteiger partial charge in [-0.3, -0.25) is 4.79 Å². The Hall–Kier alpha value is -1.14. The van der Waals surface area contributed by atoms with Crippen molar-refractivity contribution in [3.63, 3.8) is 0 Å². The molecule has 0 bridgehead atoms. The number of rotatable bonds is 5. The fourth-order valence-electron chi connectivity index (χ4n) is 3.58. The number of hydrogen-bond donors (Lipinski definition) is 1. The van der Waals surface area contributed by atoms with Crippen molar-refractivity contribution in [3.05, 3.63) is 51.5 Å². The van der Waals surface area contributed by atoms with E-state index in [-0.39, 0.29) is 30.7 Å². The first-order chi connectivity index (χ1) is 12.0. The molecule has 0 unspecified atom stereocenters. The standard InChI is InChI=1S/C20H27N3OS.2ClH/c1-13(2)9-18-22-14(3)19(25-18)20(24)23-11-16(10-21)17(12-23)15-7-5-4-6-8-15;;/h4-8,13,16-17H,9-12,21H2,1-3H3;2*1H/t16-,17+;;/m1../s1. The van der Waals surface area contributed by atoms with Crippen molar-refractivity contribution < 1.29 is 4.79 Å². The number of halogens is 2. The quantitative estimate of drug-likeness (QED) is 0.769. The number of carbonyl (C=O) groups is 1. The zero-order chi connectivity index (χ0) is 18.0. The number of nitrogens with two attached hydrogens (primary N) is 1. The van der Waals surface area contributed by atoms with E-state index in [1.54, 1.807) is 11.3 Å². The number of thiazole rings is 1. The maximum Gasteiger partial charge on any atom is 0.265 e. The van der Waals surface area contributed by atoms with Crippen LogP contribution < -0.4 is 5.73 Å². The normalized spacial score (nSPS) is 18.9. The molecule has 150 valence electrons. The molecule has 4 nitrogen and oxygen atoms in total. The van der Waals surface area contributed by atoms with Crippen LogP contribution in [-0.4, -0.2) is 35.4 Å². The molecule has 1 saturated heterocycles. The molecule has 2 heterocycles. The van der Waals surface area contributed by atoms with Crippen molar-refractivity contribution in [1.82, 2.24) is 9.88 Å². The number of hydrogen-bond acceptors (Lipinski definition) is 4. The molecule has 0 spiro atoms. The average Bonchev–Trinajstić information content (AvgIpc) is 3.18. The lowest BCUT2D eigenvalue weighted by atomic mass is 9.89. The van der Waals surface area contributed by atoms with E-state index in [1.165, 1.54) is 5.56 Å². The molecule has 1 aromatic carbocycles. The van der Waals surface area contributed by atoms with Gasteiger partial charge in [-0.25, -0.2) is 4.98 Å². The highest BCUT2D eigenvalue weighted by Crippen LogP contribution is 2.34. The van der Waals surface area contributed by atoms with Gasteiger partial charge in [0.25, 0.3) is 5.91 Å². The van der Waals surface area contributed by atoms with Crippen molar-refractivity contribution in [1.29, 1.82) is 0 Å². The van der Waals surface area contributed by atoms with E-state index in [0.717, 1.165) is 35.1 Å². The maximum atomic E-state index is 13.1. The van der Waals surface area contributed by atoms with Crippen LogP contribution in [0.2, 0.25) is 0 Å². The summed E-state index contributed by atoms with van der Waals surface area (Å²) in [5.74, 6) is 1.29. The van der Waals surface area contributed by atoms with Gasteiger partial charge in [0.2, 0.25) is 0 Å². The Bertz CT molecular complexity index is 736. The molecule has 2 atom stereocenters. The summed E-state index contributed by atoms with van der Waals surface area (Å²) >= 11 is 1.56. The van der Waals surface area contributed by atoms with E-state index < -0.39 is 0 Å². The third kappa shape index (κ3) is 5.44. The van der Waals surface area contributed by atoms with E-state index in [1.807, 2.05) is 17.9 Å². The number of aryl methyl sites for hydroxylation is 1. The fraction of sp³-hybridized carbons (Fsp3) is 0.500. The number of amides is 1. The summed E-state index contributed by atoms with van der Waals surface area (Å²) in [6.07, 6.45) is 0.927. The molecule has 0 radical (unpaired) electrons. The Morgan fingerprint density at radius 1 is 1.26 bits per heavy atom. The molecule has 0 aliphatic carbocycles. The number of nitrogens with zero attached hydrogens (tertiary/aromatic N) is 2. The molecular formula is C20H29Cl2N3OS. The van der Waals surface area contributed by atoms with E-state index >= 15 is 0 Å². The van der Waals surface area contributed by atoms with E-state index in [0.29, 0.717) is 24.3 Å². The van der Waals surface area contributed by atoms with Gasteiger partial charge in [-0.1, -0.05) is 44.2 Å². The van der Waals surface area contributed by atoms with Gasteiger partial charge in [0.1, 0.15) is 4.88 Å². The van der Waals surface area contributed by atoms with Gasteiger partial charge in [-0.15, -0.1) is 36.2 Å². The molecule has 2 N–H and O–H groups in total. The summed E-state index contributed by atoms with van der Waals surface area (Å²) in [4.78, 5) is 20.4. The van der Waals surface area contributed by atoms with Gasteiger partial charge in [-0.05, 0) is 30.9 Å². The second kappa shape index (κ2) is 10.4. The summed E-state index contributed by atoms with van der Waals surface area (Å²) in [5, 5.41) is 1.06. The van der Waals surface area contributed by atoms with Crippen LogP contribution in [0.15, 0.2) is 30.3 Å². The third-order valence-corrected chi connectivity index (χ3v) is 6.04. The minimum atomic E-state index is 0. The van der Waals surface area contributed by atoms with Gasteiger partial charge in [0.05, 0.1) is 10.7 Å². The summed E-state index contributed by atoms with van der Waals surface area (Å²) in [6.45, 7) is 8.36. The Morgan fingerprint density at radius 2 is 1.93 bits per heavy atom. The van der Waals surface area contributed by atoms with Crippen LogP contribution in [0, 0.1) is 18.8 Å². The number of aromatic nitrogens is 1. The lowest BCUT2D eigenvalue weighted by molar-refractivity contribution is 0.0790. The predicted molar refractivity (Wildman–Crippen MR) is 118 cm³/mol. The smallest absolute Gasteiger partial charge is 0.265 e. The lowest BCUT2D eigenvalue weighted by Crippen LogP contribution is -2.29. The molecular weight excluding hydrogens is 401 g/mol. The van der Waals surface area contributed by atoms with Gasteiger partial charge in [0, 0.05) is 25.4 Å². The Labute approximate surface area is 178 Å². The molecule has 7 heteroatoms. The summed E-state index contributed by atoms with van der Waals surface area (Å²) < 4.78 is 0. The van der Waals surface area contributed by atoms with Crippen LogP contribution >= 0.6 is 36.2 Å². The lowest BCUT2D eigenvalue weighted by Gasteiger charge is -2.16. The van der Waals surface area contributed by atoms with E-state index in [2.05, 4.69) is 43.1 Å². The average molecular weight is 430 g/mol. The van der Waals surface area contributed by atoms with Gasteiger partial charge >= 0.3 is 0 Å².